The lowest BCUT2D eigenvalue weighted by Gasteiger charge is -2.18. The highest BCUT2D eigenvalue weighted by Gasteiger charge is 2.18. The number of carbonyl (C=O) groups excluding carboxylic acids is 1. The minimum Gasteiger partial charge on any atom is -0.321 e. The van der Waals surface area contributed by atoms with Crippen molar-refractivity contribution >= 4 is 33.0 Å². The van der Waals surface area contributed by atoms with Gasteiger partial charge in [-0.3, -0.25) is 4.79 Å². The molecule has 2 aromatic carbocycles. The molecular weight excluding hydrogens is 382 g/mol. The number of hydrogen-bond donors (Lipinski definition) is 2. The Morgan fingerprint density at radius 2 is 2.14 bits per heavy atom. The zero-order chi connectivity index (χ0) is 19.8. The molecule has 1 aliphatic heterocycles. The van der Waals surface area contributed by atoms with Crippen LogP contribution in [0.25, 0.3) is 10.1 Å². The van der Waals surface area contributed by atoms with E-state index in [4.69, 9.17) is 0 Å². The molecule has 1 amide bonds. The van der Waals surface area contributed by atoms with E-state index in [1.807, 2.05) is 25.1 Å². The summed E-state index contributed by atoms with van der Waals surface area (Å²) in [4.78, 5) is 12.8. The van der Waals surface area contributed by atoms with Crippen molar-refractivity contribution in [3.63, 3.8) is 0 Å². The number of benzene rings is 2. The Bertz CT molecular complexity index is 1210. The first-order valence-corrected chi connectivity index (χ1v) is 10.6. The Kier molecular flexibility index (Phi) is 4.61. The third kappa shape index (κ3) is 3.43. The normalized spacial score (nSPS) is 13.4. The fourth-order valence-corrected chi connectivity index (χ4v) is 4.74. The quantitative estimate of drug-likeness (QED) is 0.544. The number of aromatic nitrogens is 3. The molecule has 146 valence electrons. The van der Waals surface area contributed by atoms with Crippen LogP contribution in [0.1, 0.15) is 32.9 Å². The molecule has 6 nitrogen and oxygen atoms in total. The maximum absolute atomic E-state index is 12.8. The molecule has 29 heavy (non-hydrogen) atoms. The van der Waals surface area contributed by atoms with Crippen LogP contribution in [0.3, 0.4) is 0 Å². The summed E-state index contributed by atoms with van der Waals surface area (Å²) in [6.07, 6.45) is 0.975. The minimum atomic E-state index is -0.224. The largest absolute Gasteiger partial charge is 0.321 e. The molecule has 0 atom stereocenters. The molecule has 5 rings (SSSR count). The average molecular weight is 404 g/mol. The van der Waals surface area contributed by atoms with Crippen molar-refractivity contribution in [1.82, 2.24) is 20.3 Å². The highest BCUT2D eigenvalue weighted by atomic mass is 32.1. The highest BCUT2D eigenvalue weighted by Crippen LogP contribution is 2.26. The number of anilines is 1. The topological polar surface area (TPSA) is 71.8 Å². The van der Waals surface area contributed by atoms with Crippen LogP contribution >= 0.6 is 11.3 Å². The van der Waals surface area contributed by atoms with Crippen LogP contribution in [0.15, 0.2) is 47.8 Å². The van der Waals surface area contributed by atoms with E-state index in [-0.39, 0.29) is 5.91 Å². The molecule has 0 aliphatic carbocycles. The predicted molar refractivity (Wildman–Crippen MR) is 115 cm³/mol. The molecule has 0 bridgehead atoms. The van der Waals surface area contributed by atoms with Gasteiger partial charge in [0.25, 0.3) is 5.91 Å². The summed E-state index contributed by atoms with van der Waals surface area (Å²) in [7, 11) is 0. The summed E-state index contributed by atoms with van der Waals surface area (Å²) >= 11 is 1.72. The Morgan fingerprint density at radius 3 is 3.07 bits per heavy atom. The number of fused-ring (bicyclic) bond motifs is 2. The van der Waals surface area contributed by atoms with E-state index < -0.39 is 0 Å². The van der Waals surface area contributed by atoms with Gasteiger partial charge in [0.1, 0.15) is 0 Å². The van der Waals surface area contributed by atoms with Crippen LogP contribution in [0.4, 0.5) is 5.69 Å². The SMILES string of the molecule is Cc1c(C(=O)Nc2ccc3c(c2)CCNC3)nnn1Cc1csc2ccccc12. The molecule has 3 heterocycles. The van der Waals surface area contributed by atoms with Gasteiger partial charge in [-0.05, 0) is 65.5 Å². The first kappa shape index (κ1) is 18.0. The van der Waals surface area contributed by atoms with Crippen molar-refractivity contribution in [3.8, 4) is 0 Å². The second kappa shape index (κ2) is 7.42. The number of rotatable bonds is 4. The van der Waals surface area contributed by atoms with Crippen LogP contribution in [0.5, 0.6) is 0 Å². The smallest absolute Gasteiger partial charge is 0.278 e. The van der Waals surface area contributed by atoms with Gasteiger partial charge in [0, 0.05) is 16.9 Å². The van der Waals surface area contributed by atoms with E-state index in [9.17, 15) is 4.79 Å². The maximum Gasteiger partial charge on any atom is 0.278 e. The Labute approximate surface area is 172 Å². The summed E-state index contributed by atoms with van der Waals surface area (Å²) in [6.45, 7) is 4.34. The lowest BCUT2D eigenvalue weighted by molar-refractivity contribution is 0.102. The third-order valence-electron chi connectivity index (χ3n) is 5.43. The molecule has 0 fully saturated rings. The standard InChI is InChI=1S/C22H21N5OS/c1-14-21(22(28)24-18-7-6-16-11-23-9-8-15(16)10-18)25-26-27(14)12-17-13-29-20-5-3-2-4-19(17)20/h2-7,10,13,23H,8-9,11-12H2,1H3,(H,24,28). The van der Waals surface area contributed by atoms with Crippen LogP contribution in [0.2, 0.25) is 0 Å². The molecule has 0 saturated carbocycles. The number of thiophene rings is 1. The van der Waals surface area contributed by atoms with Crippen molar-refractivity contribution in [2.75, 3.05) is 11.9 Å². The molecule has 0 spiro atoms. The monoisotopic (exact) mass is 403 g/mol. The Morgan fingerprint density at radius 1 is 1.24 bits per heavy atom. The summed E-state index contributed by atoms with van der Waals surface area (Å²) in [5.41, 5.74) is 5.69. The maximum atomic E-state index is 12.8. The number of amides is 1. The number of nitrogens with one attached hydrogen (secondary N) is 2. The van der Waals surface area contributed by atoms with Gasteiger partial charge in [0.2, 0.25) is 0 Å². The van der Waals surface area contributed by atoms with Gasteiger partial charge in [0.15, 0.2) is 5.69 Å². The molecule has 1 aliphatic rings. The van der Waals surface area contributed by atoms with Gasteiger partial charge in [-0.15, -0.1) is 16.4 Å². The van der Waals surface area contributed by atoms with E-state index in [1.165, 1.54) is 26.8 Å². The molecule has 7 heteroatoms. The Hall–Kier alpha value is -3.03. The zero-order valence-corrected chi connectivity index (χ0v) is 16.9. The fraction of sp³-hybridized carbons (Fsp3) is 0.227. The Balaban J connectivity index is 1.35. The van der Waals surface area contributed by atoms with Gasteiger partial charge in [-0.25, -0.2) is 4.68 Å². The van der Waals surface area contributed by atoms with E-state index in [1.54, 1.807) is 16.0 Å². The van der Waals surface area contributed by atoms with Gasteiger partial charge in [-0.2, -0.15) is 0 Å². The summed E-state index contributed by atoms with van der Waals surface area (Å²) in [5, 5.41) is 18.1. The van der Waals surface area contributed by atoms with Crippen molar-refractivity contribution in [1.29, 1.82) is 0 Å². The van der Waals surface area contributed by atoms with Crippen molar-refractivity contribution in [2.24, 2.45) is 0 Å². The minimum absolute atomic E-state index is 0.224. The van der Waals surface area contributed by atoms with Crippen LogP contribution in [0, 0.1) is 6.92 Å². The van der Waals surface area contributed by atoms with Gasteiger partial charge in [-0.1, -0.05) is 29.5 Å². The predicted octanol–water partition coefficient (Wildman–Crippen LogP) is 3.75. The second-order valence-electron chi connectivity index (χ2n) is 7.30. The lowest BCUT2D eigenvalue weighted by Crippen LogP contribution is -2.23. The van der Waals surface area contributed by atoms with Gasteiger partial charge < -0.3 is 10.6 Å². The molecule has 2 N–H and O–H groups in total. The summed E-state index contributed by atoms with van der Waals surface area (Å²) in [6, 6.07) is 14.4. The molecule has 2 aromatic heterocycles. The molecule has 0 unspecified atom stereocenters. The zero-order valence-electron chi connectivity index (χ0n) is 16.1. The van der Waals surface area contributed by atoms with Crippen LogP contribution < -0.4 is 10.6 Å². The number of hydrogen-bond acceptors (Lipinski definition) is 5. The molecule has 0 radical (unpaired) electrons. The molecule has 4 aromatic rings. The van der Waals surface area contributed by atoms with Crippen LogP contribution in [-0.2, 0) is 19.5 Å². The van der Waals surface area contributed by atoms with E-state index >= 15 is 0 Å². The first-order chi connectivity index (χ1) is 14.2. The number of nitrogens with zero attached hydrogens (tertiary/aromatic N) is 3. The summed E-state index contributed by atoms with van der Waals surface area (Å²) < 4.78 is 3.04. The third-order valence-corrected chi connectivity index (χ3v) is 6.44. The number of carbonyl (C=O) groups is 1. The first-order valence-electron chi connectivity index (χ1n) is 9.68. The fourth-order valence-electron chi connectivity index (χ4n) is 3.78. The van der Waals surface area contributed by atoms with E-state index in [0.717, 1.165) is 30.9 Å². The van der Waals surface area contributed by atoms with E-state index in [0.29, 0.717) is 12.2 Å². The van der Waals surface area contributed by atoms with Crippen molar-refractivity contribution in [3.05, 3.63) is 75.9 Å². The van der Waals surface area contributed by atoms with Gasteiger partial charge >= 0.3 is 0 Å². The molecule has 0 saturated heterocycles. The van der Waals surface area contributed by atoms with Crippen LogP contribution in [-0.4, -0.2) is 27.4 Å². The second-order valence-corrected chi connectivity index (χ2v) is 8.21. The van der Waals surface area contributed by atoms with Crippen molar-refractivity contribution < 1.29 is 4.79 Å². The van der Waals surface area contributed by atoms with E-state index in [2.05, 4.69) is 50.6 Å². The average Bonchev–Trinajstić information content (AvgIpc) is 3.32. The van der Waals surface area contributed by atoms with Crippen molar-refractivity contribution in [2.45, 2.75) is 26.4 Å². The lowest BCUT2D eigenvalue weighted by atomic mass is 10.0. The summed E-state index contributed by atoms with van der Waals surface area (Å²) in [5.74, 6) is -0.224. The highest BCUT2D eigenvalue weighted by molar-refractivity contribution is 7.17. The van der Waals surface area contributed by atoms with Gasteiger partial charge in [0.05, 0.1) is 12.2 Å². The molecular formula is C22H21N5OS.